The number of carbonyl (C=O) groups excluding carboxylic acids is 1. The van der Waals surface area contributed by atoms with Crippen LogP contribution in [-0.4, -0.2) is 57.7 Å². The van der Waals surface area contributed by atoms with E-state index in [1.54, 1.807) is 6.20 Å². The Labute approximate surface area is 159 Å². The van der Waals surface area contributed by atoms with Gasteiger partial charge < -0.3 is 4.98 Å². The number of nitrogens with one attached hydrogen (secondary N) is 1. The van der Waals surface area contributed by atoms with Crippen molar-refractivity contribution in [1.82, 2.24) is 20.0 Å². The van der Waals surface area contributed by atoms with Crippen molar-refractivity contribution in [1.29, 1.82) is 0 Å². The van der Waals surface area contributed by atoms with Gasteiger partial charge in [0.1, 0.15) is 17.8 Å². The quantitative estimate of drug-likeness (QED) is 0.718. The molecule has 2 aromatic rings. The van der Waals surface area contributed by atoms with E-state index < -0.39 is 36.4 Å². The Kier molecular flexibility index (Phi) is 5.60. The fourth-order valence-corrected chi connectivity index (χ4v) is 3.45. The van der Waals surface area contributed by atoms with E-state index in [1.807, 2.05) is 23.1 Å². The molecule has 0 amide bonds. The SMILES string of the molecule is CN(c1ncnc2[nH]ccc12)N1CCC[C@H](C(=O)CCC(F)(F)C(C)(F)F)C1. The molecular weight excluding hydrogens is 378 g/mol. The number of aromatic amines is 1. The highest BCUT2D eigenvalue weighted by Gasteiger charge is 2.51. The molecule has 28 heavy (non-hydrogen) atoms. The summed E-state index contributed by atoms with van der Waals surface area (Å²) >= 11 is 0. The van der Waals surface area contributed by atoms with Gasteiger partial charge in [0.2, 0.25) is 0 Å². The van der Waals surface area contributed by atoms with E-state index in [2.05, 4.69) is 15.0 Å². The number of fused-ring (bicyclic) bond motifs is 1. The Bertz CT molecular complexity index is 835. The summed E-state index contributed by atoms with van der Waals surface area (Å²) in [7, 11) is 1.81. The summed E-state index contributed by atoms with van der Waals surface area (Å²) in [4.78, 5) is 23.8. The molecule has 0 aliphatic carbocycles. The molecule has 1 aliphatic heterocycles. The summed E-state index contributed by atoms with van der Waals surface area (Å²) in [6.07, 6.45) is 2.74. The van der Waals surface area contributed by atoms with E-state index in [0.717, 1.165) is 5.39 Å². The number of hydrogen-bond donors (Lipinski definition) is 1. The van der Waals surface area contributed by atoms with Crippen molar-refractivity contribution >= 4 is 22.6 Å². The zero-order valence-corrected chi connectivity index (χ0v) is 15.8. The molecule has 10 heteroatoms. The van der Waals surface area contributed by atoms with Crippen LogP contribution >= 0.6 is 0 Å². The van der Waals surface area contributed by atoms with Gasteiger partial charge in [0.05, 0.1) is 5.39 Å². The number of carbonyl (C=O) groups is 1. The minimum absolute atomic E-state index is 0.179. The van der Waals surface area contributed by atoms with Crippen molar-refractivity contribution in [3.05, 3.63) is 18.6 Å². The lowest BCUT2D eigenvalue weighted by molar-refractivity contribution is -0.201. The molecule has 0 aromatic carbocycles. The molecule has 1 N–H and O–H groups in total. The molecule has 1 saturated heterocycles. The fourth-order valence-electron chi connectivity index (χ4n) is 3.45. The number of anilines is 1. The maximum absolute atomic E-state index is 13.5. The third-order valence-electron chi connectivity index (χ3n) is 5.25. The lowest BCUT2D eigenvalue weighted by Gasteiger charge is -2.38. The first kappa shape index (κ1) is 20.5. The summed E-state index contributed by atoms with van der Waals surface area (Å²) in [5, 5.41) is 4.57. The highest BCUT2D eigenvalue weighted by atomic mass is 19.3. The summed E-state index contributed by atoms with van der Waals surface area (Å²) in [6.45, 7) is 1.19. The van der Waals surface area contributed by atoms with Gasteiger partial charge in [0.25, 0.3) is 0 Å². The van der Waals surface area contributed by atoms with E-state index in [0.29, 0.717) is 37.4 Å². The molecule has 1 atom stereocenters. The Hall–Kier alpha value is -2.23. The first-order valence-electron chi connectivity index (χ1n) is 9.15. The van der Waals surface area contributed by atoms with E-state index in [1.165, 1.54) is 6.33 Å². The summed E-state index contributed by atoms with van der Waals surface area (Å²) in [6, 6.07) is 1.85. The standard InChI is InChI=1S/C18H23F4N5O/c1-17(19,20)18(21,22)7-5-14(28)12-4-3-9-27(10-12)26(2)16-13-6-8-23-15(13)24-11-25-16/h6,8,11-12H,3-5,7,9-10H2,1-2H3,(H,23,24,25)/t12-/m0/s1. The number of halogens is 4. The molecule has 3 heterocycles. The predicted octanol–water partition coefficient (Wildman–Crippen LogP) is 3.66. The van der Waals surface area contributed by atoms with Crippen molar-refractivity contribution in [2.45, 2.75) is 44.5 Å². The molecule has 0 bridgehead atoms. The number of nitrogens with zero attached hydrogens (tertiary/aromatic N) is 4. The van der Waals surface area contributed by atoms with Crippen molar-refractivity contribution in [3.8, 4) is 0 Å². The number of rotatable bonds is 7. The second-order valence-corrected chi connectivity index (χ2v) is 7.27. The van der Waals surface area contributed by atoms with E-state index in [9.17, 15) is 22.4 Å². The van der Waals surface area contributed by atoms with Crippen LogP contribution in [0.5, 0.6) is 0 Å². The number of hydrazine groups is 1. The van der Waals surface area contributed by atoms with Crippen LogP contribution < -0.4 is 5.01 Å². The van der Waals surface area contributed by atoms with Gasteiger partial charge in [-0.15, -0.1) is 0 Å². The summed E-state index contributed by atoms with van der Waals surface area (Å²) in [5.41, 5.74) is 0.684. The maximum atomic E-state index is 13.5. The molecule has 0 radical (unpaired) electrons. The first-order valence-corrected chi connectivity index (χ1v) is 9.15. The van der Waals surface area contributed by atoms with Crippen molar-refractivity contribution in [2.24, 2.45) is 5.92 Å². The van der Waals surface area contributed by atoms with Crippen LogP contribution in [0.2, 0.25) is 0 Å². The Balaban J connectivity index is 1.65. The highest BCUT2D eigenvalue weighted by molar-refractivity contribution is 5.87. The van der Waals surface area contributed by atoms with Crippen LogP contribution in [0.15, 0.2) is 18.6 Å². The fraction of sp³-hybridized carbons (Fsp3) is 0.611. The summed E-state index contributed by atoms with van der Waals surface area (Å²) in [5.74, 6) is -8.54. The average molecular weight is 401 g/mol. The Morgan fingerprint density at radius 1 is 1.36 bits per heavy atom. The molecule has 1 fully saturated rings. The number of Topliss-reactive ketones (excluding diaryl/α,β-unsaturated/α-hetero) is 1. The molecule has 154 valence electrons. The minimum Gasteiger partial charge on any atom is -0.346 e. The average Bonchev–Trinajstić information content (AvgIpc) is 3.13. The lowest BCUT2D eigenvalue weighted by atomic mass is 9.91. The molecular formula is C18H23F4N5O. The smallest absolute Gasteiger partial charge is 0.310 e. The molecule has 6 nitrogen and oxygen atoms in total. The molecule has 0 unspecified atom stereocenters. The van der Waals surface area contributed by atoms with Crippen LogP contribution in [0.25, 0.3) is 11.0 Å². The van der Waals surface area contributed by atoms with Crippen molar-refractivity contribution < 1.29 is 22.4 Å². The van der Waals surface area contributed by atoms with Gasteiger partial charge in [-0.05, 0) is 18.9 Å². The molecule has 0 spiro atoms. The number of aromatic nitrogens is 3. The second kappa shape index (κ2) is 7.65. The monoisotopic (exact) mass is 401 g/mol. The number of ketones is 1. The molecule has 2 aromatic heterocycles. The maximum Gasteiger partial charge on any atom is 0.310 e. The third-order valence-corrected chi connectivity index (χ3v) is 5.25. The van der Waals surface area contributed by atoms with Crippen LogP contribution in [-0.2, 0) is 4.79 Å². The van der Waals surface area contributed by atoms with Crippen molar-refractivity contribution in [3.63, 3.8) is 0 Å². The van der Waals surface area contributed by atoms with Crippen LogP contribution in [0.1, 0.15) is 32.6 Å². The Morgan fingerprint density at radius 3 is 2.82 bits per heavy atom. The van der Waals surface area contributed by atoms with Gasteiger partial charge in [0, 0.05) is 52.0 Å². The largest absolute Gasteiger partial charge is 0.346 e. The first-order chi connectivity index (χ1) is 13.1. The van der Waals surface area contributed by atoms with Gasteiger partial charge in [0.15, 0.2) is 5.82 Å². The number of alkyl halides is 4. The van der Waals surface area contributed by atoms with Gasteiger partial charge in [-0.1, -0.05) is 0 Å². The predicted molar refractivity (Wildman–Crippen MR) is 96.4 cm³/mol. The lowest BCUT2D eigenvalue weighted by Crippen LogP contribution is -2.48. The van der Waals surface area contributed by atoms with Crippen molar-refractivity contribution in [2.75, 3.05) is 25.1 Å². The van der Waals surface area contributed by atoms with Gasteiger partial charge in [-0.2, -0.15) is 8.78 Å². The van der Waals surface area contributed by atoms with E-state index >= 15 is 0 Å². The van der Waals surface area contributed by atoms with E-state index in [-0.39, 0.29) is 6.92 Å². The molecule has 0 saturated carbocycles. The Morgan fingerprint density at radius 2 is 2.11 bits per heavy atom. The normalized spacial score (nSPS) is 19.1. The minimum atomic E-state index is -4.19. The highest BCUT2D eigenvalue weighted by Crippen LogP contribution is 2.38. The topological polar surface area (TPSA) is 65.1 Å². The van der Waals surface area contributed by atoms with Crippen LogP contribution in [0, 0.1) is 5.92 Å². The van der Waals surface area contributed by atoms with Gasteiger partial charge >= 0.3 is 11.8 Å². The third kappa shape index (κ3) is 4.11. The zero-order chi connectivity index (χ0) is 20.5. The number of piperidine rings is 1. The molecule has 3 rings (SSSR count). The zero-order valence-electron chi connectivity index (χ0n) is 15.8. The summed E-state index contributed by atoms with van der Waals surface area (Å²) < 4.78 is 52.8. The number of H-pyrrole nitrogens is 1. The molecule has 1 aliphatic rings. The van der Waals surface area contributed by atoms with Gasteiger partial charge in [-0.3, -0.25) is 9.80 Å². The van der Waals surface area contributed by atoms with E-state index in [4.69, 9.17) is 0 Å². The van der Waals surface area contributed by atoms with Crippen LogP contribution in [0.4, 0.5) is 23.4 Å². The van der Waals surface area contributed by atoms with Gasteiger partial charge in [-0.25, -0.2) is 23.8 Å². The number of hydrogen-bond acceptors (Lipinski definition) is 5. The second-order valence-electron chi connectivity index (χ2n) is 7.27. The van der Waals surface area contributed by atoms with Crippen LogP contribution in [0.3, 0.4) is 0 Å².